The fraction of sp³-hybridized carbons (Fsp3) is 0.750. The fourth-order valence-electron chi connectivity index (χ4n) is 4.86. The van der Waals surface area contributed by atoms with Gasteiger partial charge in [-0.25, -0.2) is 0 Å². The van der Waals surface area contributed by atoms with E-state index in [1.807, 2.05) is 5.57 Å². The number of hydrogen-bond donors (Lipinski definition) is 0. The Labute approximate surface area is 98.8 Å². The van der Waals surface area contributed by atoms with Crippen molar-refractivity contribution >= 4 is 0 Å². The van der Waals surface area contributed by atoms with Crippen molar-refractivity contribution in [3.8, 4) is 0 Å². The Bertz CT molecular complexity index is 343. The highest BCUT2D eigenvalue weighted by Crippen LogP contribution is 2.56. The quantitative estimate of drug-likeness (QED) is 0.570. The molecule has 4 unspecified atom stereocenters. The van der Waals surface area contributed by atoms with Crippen molar-refractivity contribution in [2.24, 2.45) is 29.6 Å². The molecule has 0 amide bonds. The van der Waals surface area contributed by atoms with E-state index < -0.39 is 0 Å². The summed E-state index contributed by atoms with van der Waals surface area (Å²) in [6.07, 6.45) is 18.1. The van der Waals surface area contributed by atoms with E-state index >= 15 is 0 Å². The van der Waals surface area contributed by atoms with E-state index in [0.717, 1.165) is 29.6 Å². The zero-order valence-corrected chi connectivity index (χ0v) is 10.1. The van der Waals surface area contributed by atoms with Gasteiger partial charge in [0.1, 0.15) is 0 Å². The summed E-state index contributed by atoms with van der Waals surface area (Å²) in [6, 6.07) is 0. The van der Waals surface area contributed by atoms with Gasteiger partial charge in [-0.3, -0.25) is 0 Å². The molecule has 0 radical (unpaired) electrons. The lowest BCUT2D eigenvalue weighted by molar-refractivity contribution is 0.364. The number of rotatable bonds is 1. The first-order valence-corrected chi connectivity index (χ1v) is 7.31. The van der Waals surface area contributed by atoms with Gasteiger partial charge in [0.25, 0.3) is 0 Å². The summed E-state index contributed by atoms with van der Waals surface area (Å²) in [7, 11) is 0. The average molecular weight is 214 g/mol. The van der Waals surface area contributed by atoms with Gasteiger partial charge in [0, 0.05) is 0 Å². The molecule has 0 heteroatoms. The third-order valence-electron chi connectivity index (χ3n) is 5.70. The number of fused-ring (bicyclic) bond motifs is 5. The van der Waals surface area contributed by atoms with Crippen LogP contribution in [0, 0.1) is 29.6 Å². The molecule has 0 nitrogen and oxygen atoms in total. The van der Waals surface area contributed by atoms with E-state index in [1.165, 1.54) is 44.9 Å². The molecule has 2 saturated carbocycles. The normalized spacial score (nSPS) is 46.1. The summed E-state index contributed by atoms with van der Waals surface area (Å²) in [6.45, 7) is 0. The maximum atomic E-state index is 2.72. The lowest BCUT2D eigenvalue weighted by Crippen LogP contribution is -2.13. The van der Waals surface area contributed by atoms with Gasteiger partial charge in [0.15, 0.2) is 0 Å². The topological polar surface area (TPSA) is 0 Å². The fourth-order valence-corrected chi connectivity index (χ4v) is 4.86. The Morgan fingerprint density at radius 3 is 2.56 bits per heavy atom. The molecule has 4 aliphatic rings. The molecule has 86 valence electrons. The summed E-state index contributed by atoms with van der Waals surface area (Å²) in [5.74, 6) is 4.83. The Morgan fingerprint density at radius 2 is 1.75 bits per heavy atom. The highest BCUT2D eigenvalue weighted by atomic mass is 14.5. The monoisotopic (exact) mass is 214 g/mol. The summed E-state index contributed by atoms with van der Waals surface area (Å²) >= 11 is 0. The van der Waals surface area contributed by atoms with Gasteiger partial charge >= 0.3 is 0 Å². The van der Waals surface area contributed by atoms with Gasteiger partial charge in [-0.05, 0) is 55.3 Å². The second-order valence-corrected chi connectivity index (χ2v) is 6.47. The molecule has 2 bridgehead atoms. The van der Waals surface area contributed by atoms with Crippen LogP contribution in [0.5, 0.6) is 0 Å². The third-order valence-corrected chi connectivity index (χ3v) is 5.70. The molecule has 0 heterocycles. The molecule has 4 rings (SSSR count). The van der Waals surface area contributed by atoms with Crippen LogP contribution in [0.4, 0.5) is 0 Å². The molecule has 4 aliphatic carbocycles. The second-order valence-electron chi connectivity index (χ2n) is 6.47. The van der Waals surface area contributed by atoms with Gasteiger partial charge in [0.05, 0.1) is 0 Å². The van der Waals surface area contributed by atoms with E-state index in [9.17, 15) is 0 Å². The lowest BCUT2D eigenvalue weighted by atomic mass is 9.81. The first-order chi connectivity index (χ1) is 7.92. The smallest absolute Gasteiger partial charge is 0.0130 e. The van der Waals surface area contributed by atoms with Crippen LogP contribution in [0.3, 0.4) is 0 Å². The van der Waals surface area contributed by atoms with Crippen LogP contribution in [-0.4, -0.2) is 0 Å². The van der Waals surface area contributed by atoms with Crippen molar-refractivity contribution in [1.29, 1.82) is 0 Å². The highest BCUT2D eigenvalue weighted by molar-refractivity contribution is 5.27. The maximum absolute atomic E-state index is 2.72. The van der Waals surface area contributed by atoms with E-state index in [4.69, 9.17) is 0 Å². The van der Waals surface area contributed by atoms with Crippen LogP contribution in [-0.2, 0) is 0 Å². The minimum Gasteiger partial charge on any atom is -0.0848 e. The molecule has 0 spiro atoms. The van der Waals surface area contributed by atoms with Gasteiger partial charge in [-0.1, -0.05) is 43.1 Å². The zero-order chi connectivity index (χ0) is 10.5. The van der Waals surface area contributed by atoms with Crippen molar-refractivity contribution < 1.29 is 0 Å². The minimum absolute atomic E-state index is 0.927. The van der Waals surface area contributed by atoms with Gasteiger partial charge < -0.3 is 0 Å². The van der Waals surface area contributed by atoms with E-state index in [-0.39, 0.29) is 0 Å². The Kier molecular flexibility index (Phi) is 2.07. The molecular formula is C16H22. The van der Waals surface area contributed by atoms with Crippen molar-refractivity contribution in [3.63, 3.8) is 0 Å². The van der Waals surface area contributed by atoms with Crippen LogP contribution in [0.2, 0.25) is 0 Å². The maximum Gasteiger partial charge on any atom is -0.0130 e. The Hall–Kier alpha value is -0.520. The van der Waals surface area contributed by atoms with Crippen molar-refractivity contribution in [2.45, 2.75) is 44.9 Å². The van der Waals surface area contributed by atoms with Crippen LogP contribution in [0.25, 0.3) is 0 Å². The van der Waals surface area contributed by atoms with Crippen molar-refractivity contribution in [3.05, 3.63) is 23.8 Å². The predicted molar refractivity (Wildman–Crippen MR) is 67.0 cm³/mol. The standard InChI is InChI=1S/C16H22/c1-2-4-11(5-3-1)14-9-15-12-6-7-13(8-12)16(15)10-14/h6-7,9,11-13,15-16H,1-5,8,10H2. The van der Waals surface area contributed by atoms with Gasteiger partial charge in [-0.15, -0.1) is 0 Å². The SMILES string of the molecule is C1=CC2CC1C1C=C(C3CCCCC3)CC21. The Balaban J connectivity index is 1.54. The second kappa shape index (κ2) is 3.48. The summed E-state index contributed by atoms with van der Waals surface area (Å²) < 4.78 is 0. The average Bonchev–Trinajstić information content (AvgIpc) is 3.02. The third kappa shape index (κ3) is 1.28. The number of hydrogen-bond acceptors (Lipinski definition) is 0. The summed E-state index contributed by atoms with van der Waals surface area (Å²) in [5, 5.41) is 0. The van der Waals surface area contributed by atoms with Crippen LogP contribution in [0.1, 0.15) is 44.9 Å². The van der Waals surface area contributed by atoms with Crippen LogP contribution >= 0.6 is 0 Å². The summed E-state index contributed by atoms with van der Waals surface area (Å²) in [4.78, 5) is 0. The Morgan fingerprint density at radius 1 is 0.938 bits per heavy atom. The largest absolute Gasteiger partial charge is 0.0848 e. The van der Waals surface area contributed by atoms with Gasteiger partial charge in [0.2, 0.25) is 0 Å². The van der Waals surface area contributed by atoms with Crippen LogP contribution < -0.4 is 0 Å². The van der Waals surface area contributed by atoms with Gasteiger partial charge in [-0.2, -0.15) is 0 Å². The molecular weight excluding hydrogens is 192 g/mol. The molecule has 0 aromatic carbocycles. The van der Waals surface area contributed by atoms with Crippen molar-refractivity contribution in [2.75, 3.05) is 0 Å². The van der Waals surface area contributed by atoms with E-state index in [1.54, 1.807) is 0 Å². The van der Waals surface area contributed by atoms with E-state index in [0.29, 0.717) is 0 Å². The molecule has 4 atom stereocenters. The van der Waals surface area contributed by atoms with Crippen LogP contribution in [0.15, 0.2) is 23.8 Å². The number of allylic oxidation sites excluding steroid dienone is 4. The molecule has 0 aliphatic heterocycles. The van der Waals surface area contributed by atoms with E-state index in [2.05, 4.69) is 18.2 Å². The first kappa shape index (κ1) is 9.50. The predicted octanol–water partition coefficient (Wildman–Crippen LogP) is 4.34. The van der Waals surface area contributed by atoms with Crippen molar-refractivity contribution in [1.82, 2.24) is 0 Å². The molecule has 2 fully saturated rings. The minimum atomic E-state index is 0.927. The molecule has 16 heavy (non-hydrogen) atoms. The first-order valence-electron chi connectivity index (χ1n) is 7.31. The highest BCUT2D eigenvalue weighted by Gasteiger charge is 2.46. The lowest BCUT2D eigenvalue weighted by Gasteiger charge is -2.24. The molecule has 0 saturated heterocycles. The summed E-state index contributed by atoms with van der Waals surface area (Å²) in [5.41, 5.74) is 1.87. The zero-order valence-electron chi connectivity index (χ0n) is 10.1. The molecule has 0 aromatic rings. The molecule has 0 N–H and O–H groups in total. The molecule has 0 aromatic heterocycles.